The number of anilines is 2. The van der Waals surface area contributed by atoms with E-state index in [1.54, 1.807) is 0 Å². The molecule has 0 bridgehead atoms. The monoisotopic (exact) mass is 268 g/mol. The van der Waals surface area contributed by atoms with Crippen molar-refractivity contribution in [1.29, 1.82) is 0 Å². The van der Waals surface area contributed by atoms with Crippen LogP contribution in [0.4, 0.5) is 17.5 Å². The van der Waals surface area contributed by atoms with Crippen LogP contribution in [0.2, 0.25) is 0 Å². The molecule has 2 rings (SSSR count). The molecule has 0 radical (unpaired) electrons. The number of piperazine rings is 1. The van der Waals surface area contributed by atoms with E-state index in [9.17, 15) is 10.1 Å². The van der Waals surface area contributed by atoms with Crippen molar-refractivity contribution in [3.63, 3.8) is 0 Å². The third kappa shape index (κ3) is 2.65. The number of nitrogens with zero attached hydrogens (tertiary/aromatic N) is 5. The number of ether oxygens (including phenoxy) is 1. The smallest absolute Gasteiger partial charge is 0.372 e. The third-order valence-electron chi connectivity index (χ3n) is 3.03. The van der Waals surface area contributed by atoms with Crippen LogP contribution >= 0.6 is 0 Å². The van der Waals surface area contributed by atoms with Gasteiger partial charge >= 0.3 is 11.6 Å². The van der Waals surface area contributed by atoms with Crippen LogP contribution in [-0.2, 0) is 0 Å². The van der Waals surface area contributed by atoms with Crippen LogP contribution in [0.1, 0.15) is 0 Å². The molecule has 2 N–H and O–H groups in total. The first-order chi connectivity index (χ1) is 9.02. The molecule has 1 aromatic rings. The number of nitrogen functional groups attached to an aromatic ring is 1. The zero-order chi connectivity index (χ0) is 14.0. The van der Waals surface area contributed by atoms with E-state index in [0.29, 0.717) is 5.95 Å². The predicted octanol–water partition coefficient (Wildman–Crippen LogP) is -0.273. The fourth-order valence-electron chi connectivity index (χ4n) is 1.90. The second kappa shape index (κ2) is 5.22. The minimum Gasteiger partial charge on any atom is -0.476 e. The van der Waals surface area contributed by atoms with Crippen molar-refractivity contribution < 1.29 is 9.66 Å². The molecular weight excluding hydrogens is 252 g/mol. The van der Waals surface area contributed by atoms with Gasteiger partial charge in [0.2, 0.25) is 11.8 Å². The summed E-state index contributed by atoms with van der Waals surface area (Å²) >= 11 is 0. The van der Waals surface area contributed by atoms with Crippen LogP contribution in [0, 0.1) is 10.1 Å². The minimum absolute atomic E-state index is 0.105. The number of methoxy groups -OCH3 is 1. The predicted molar refractivity (Wildman–Crippen MR) is 69.4 cm³/mol. The van der Waals surface area contributed by atoms with Gasteiger partial charge in [0.25, 0.3) is 0 Å². The minimum atomic E-state index is -0.637. The Balaban J connectivity index is 2.32. The largest absolute Gasteiger partial charge is 0.476 e. The van der Waals surface area contributed by atoms with E-state index < -0.39 is 4.92 Å². The summed E-state index contributed by atoms with van der Waals surface area (Å²) in [6.07, 6.45) is 0. The molecule has 104 valence electrons. The molecule has 9 heteroatoms. The van der Waals surface area contributed by atoms with E-state index in [4.69, 9.17) is 10.5 Å². The Labute approximate surface area is 110 Å². The lowest BCUT2D eigenvalue weighted by atomic mass is 10.3. The van der Waals surface area contributed by atoms with Gasteiger partial charge < -0.3 is 20.3 Å². The highest BCUT2D eigenvalue weighted by atomic mass is 16.6. The van der Waals surface area contributed by atoms with Gasteiger partial charge in [-0.25, -0.2) is 0 Å². The van der Waals surface area contributed by atoms with Gasteiger partial charge in [0, 0.05) is 26.2 Å². The summed E-state index contributed by atoms with van der Waals surface area (Å²) in [7, 11) is 3.35. The van der Waals surface area contributed by atoms with Crippen molar-refractivity contribution in [2.24, 2.45) is 0 Å². The summed E-state index contributed by atoms with van der Waals surface area (Å²) in [5, 5.41) is 10.9. The number of nitrogens with two attached hydrogens (primary N) is 1. The zero-order valence-corrected chi connectivity index (χ0v) is 10.9. The normalized spacial score (nSPS) is 16.4. The van der Waals surface area contributed by atoms with E-state index in [0.717, 1.165) is 26.2 Å². The maximum Gasteiger partial charge on any atom is 0.372 e. The standard InChI is InChI=1S/C10H16N6O3/c1-14-3-5-15(6-4-14)10-12-8(11)7(16(17)18)9(13-10)19-2/h3-6H2,1-2H3,(H2,11,12,13). The SMILES string of the molecule is COc1nc(N2CCN(C)CC2)nc(N)c1[N+](=O)[O-]. The number of aromatic nitrogens is 2. The van der Waals surface area contributed by atoms with Crippen molar-refractivity contribution in [3.8, 4) is 5.88 Å². The molecule has 0 spiro atoms. The number of rotatable bonds is 3. The number of likely N-dealkylation sites (N-methyl/N-ethyl adjacent to an activating group) is 1. The molecule has 0 atom stereocenters. The fourth-order valence-corrected chi connectivity index (χ4v) is 1.90. The molecule has 0 aliphatic carbocycles. The van der Waals surface area contributed by atoms with Crippen LogP contribution in [0.25, 0.3) is 0 Å². The van der Waals surface area contributed by atoms with Gasteiger partial charge in [0.05, 0.1) is 12.0 Å². The Morgan fingerprint density at radius 3 is 2.47 bits per heavy atom. The second-order valence-electron chi connectivity index (χ2n) is 4.31. The molecule has 2 heterocycles. The quantitative estimate of drug-likeness (QED) is 0.589. The highest BCUT2D eigenvalue weighted by molar-refractivity contribution is 5.61. The van der Waals surface area contributed by atoms with Crippen LogP contribution < -0.4 is 15.4 Å². The van der Waals surface area contributed by atoms with Crippen molar-refractivity contribution in [3.05, 3.63) is 10.1 Å². The van der Waals surface area contributed by atoms with Gasteiger partial charge in [0.15, 0.2) is 0 Å². The Morgan fingerprint density at radius 1 is 1.32 bits per heavy atom. The van der Waals surface area contributed by atoms with E-state index in [1.165, 1.54) is 7.11 Å². The first-order valence-electron chi connectivity index (χ1n) is 5.82. The molecule has 1 saturated heterocycles. The highest BCUT2D eigenvalue weighted by Gasteiger charge is 2.26. The fraction of sp³-hybridized carbons (Fsp3) is 0.600. The molecule has 0 aromatic carbocycles. The molecule has 0 saturated carbocycles. The lowest BCUT2D eigenvalue weighted by Gasteiger charge is -2.32. The lowest BCUT2D eigenvalue weighted by molar-refractivity contribution is -0.385. The number of nitro groups is 1. The Morgan fingerprint density at radius 2 is 1.95 bits per heavy atom. The summed E-state index contributed by atoms with van der Waals surface area (Å²) in [6.45, 7) is 3.25. The summed E-state index contributed by atoms with van der Waals surface area (Å²) in [6, 6.07) is 0. The second-order valence-corrected chi connectivity index (χ2v) is 4.31. The van der Waals surface area contributed by atoms with Crippen molar-refractivity contribution in [2.45, 2.75) is 0 Å². The Bertz CT molecular complexity index is 486. The summed E-state index contributed by atoms with van der Waals surface area (Å²) in [5.41, 5.74) is 5.23. The van der Waals surface area contributed by atoms with Gasteiger partial charge in [-0.2, -0.15) is 9.97 Å². The van der Waals surface area contributed by atoms with E-state index >= 15 is 0 Å². The van der Waals surface area contributed by atoms with Crippen LogP contribution in [-0.4, -0.2) is 60.1 Å². The number of hydrogen-bond acceptors (Lipinski definition) is 8. The topological polar surface area (TPSA) is 111 Å². The van der Waals surface area contributed by atoms with E-state index in [2.05, 4.69) is 14.9 Å². The summed E-state index contributed by atoms with van der Waals surface area (Å²) in [4.78, 5) is 22.4. The van der Waals surface area contributed by atoms with Gasteiger partial charge in [-0.1, -0.05) is 0 Å². The maximum atomic E-state index is 10.9. The average molecular weight is 268 g/mol. The van der Waals surface area contributed by atoms with Crippen LogP contribution in [0.15, 0.2) is 0 Å². The first-order valence-corrected chi connectivity index (χ1v) is 5.82. The van der Waals surface area contributed by atoms with Crippen molar-refractivity contribution in [1.82, 2.24) is 14.9 Å². The molecular formula is C10H16N6O3. The molecule has 1 aromatic heterocycles. The summed E-state index contributed by atoms with van der Waals surface area (Å²) < 4.78 is 4.93. The third-order valence-corrected chi connectivity index (χ3v) is 3.03. The Hall–Kier alpha value is -2.16. The molecule has 9 nitrogen and oxygen atoms in total. The van der Waals surface area contributed by atoms with Crippen LogP contribution in [0.5, 0.6) is 5.88 Å². The van der Waals surface area contributed by atoms with Crippen LogP contribution in [0.3, 0.4) is 0 Å². The molecule has 0 amide bonds. The van der Waals surface area contributed by atoms with Crippen molar-refractivity contribution in [2.75, 3.05) is 51.0 Å². The highest BCUT2D eigenvalue weighted by Crippen LogP contribution is 2.31. The summed E-state index contributed by atoms with van der Waals surface area (Å²) in [5.74, 6) is 0.0882. The molecule has 1 aliphatic heterocycles. The van der Waals surface area contributed by atoms with Gasteiger partial charge in [-0.15, -0.1) is 0 Å². The average Bonchev–Trinajstić information content (AvgIpc) is 2.38. The lowest BCUT2D eigenvalue weighted by Crippen LogP contribution is -2.45. The molecule has 1 fully saturated rings. The van der Waals surface area contributed by atoms with Crippen molar-refractivity contribution >= 4 is 17.5 Å². The molecule has 0 unspecified atom stereocenters. The molecule has 19 heavy (non-hydrogen) atoms. The first kappa shape index (κ1) is 13.3. The van der Waals surface area contributed by atoms with E-state index in [-0.39, 0.29) is 17.4 Å². The molecule has 1 aliphatic rings. The Kier molecular flexibility index (Phi) is 3.65. The van der Waals surface area contributed by atoms with E-state index in [1.807, 2.05) is 11.9 Å². The maximum absolute atomic E-state index is 10.9. The van der Waals surface area contributed by atoms with Gasteiger partial charge in [0.1, 0.15) is 0 Å². The van der Waals surface area contributed by atoms with Gasteiger partial charge in [-0.3, -0.25) is 10.1 Å². The number of hydrogen-bond donors (Lipinski definition) is 1. The van der Waals surface area contributed by atoms with Gasteiger partial charge in [-0.05, 0) is 7.05 Å². The zero-order valence-electron chi connectivity index (χ0n) is 10.9.